The van der Waals surface area contributed by atoms with Crippen LogP contribution in [0.3, 0.4) is 0 Å². The van der Waals surface area contributed by atoms with Crippen LogP contribution in [0.4, 0.5) is 9.52 Å². The second-order valence-electron chi connectivity index (χ2n) is 5.84. The highest BCUT2D eigenvalue weighted by Gasteiger charge is 2.12. The third kappa shape index (κ3) is 5.15. The minimum Gasteiger partial charge on any atom is -0.300 e. The van der Waals surface area contributed by atoms with E-state index in [1.54, 1.807) is 12.1 Å². The SMILES string of the molecule is CCCCCc1nnc(NC(=O)Cc2csc(-c3cccc(F)c3)n2)s1. The number of anilines is 1. The number of aryl methyl sites for hydroxylation is 1. The summed E-state index contributed by atoms with van der Waals surface area (Å²) in [7, 11) is 0. The molecule has 136 valence electrons. The second-order valence-corrected chi connectivity index (χ2v) is 7.76. The number of nitrogens with one attached hydrogen (secondary N) is 1. The molecule has 1 aromatic carbocycles. The minimum atomic E-state index is -0.303. The van der Waals surface area contributed by atoms with Gasteiger partial charge in [-0.15, -0.1) is 21.5 Å². The number of amides is 1. The first-order valence-corrected chi connectivity index (χ1v) is 10.2. The molecular weight excluding hydrogens is 371 g/mol. The molecule has 0 aliphatic heterocycles. The van der Waals surface area contributed by atoms with Gasteiger partial charge in [-0.1, -0.05) is 43.2 Å². The molecule has 0 fully saturated rings. The van der Waals surface area contributed by atoms with Crippen LogP contribution in [0.1, 0.15) is 36.9 Å². The predicted octanol–water partition coefficient (Wildman–Crippen LogP) is 4.71. The highest BCUT2D eigenvalue weighted by molar-refractivity contribution is 7.15. The Bertz CT molecular complexity index is 877. The molecule has 0 spiro atoms. The lowest BCUT2D eigenvalue weighted by molar-refractivity contribution is -0.115. The molecular formula is C18H19FN4OS2. The van der Waals surface area contributed by atoms with Crippen molar-refractivity contribution in [3.63, 3.8) is 0 Å². The van der Waals surface area contributed by atoms with E-state index in [0.29, 0.717) is 21.4 Å². The van der Waals surface area contributed by atoms with Gasteiger partial charge in [0.25, 0.3) is 0 Å². The van der Waals surface area contributed by atoms with E-state index in [4.69, 9.17) is 0 Å². The van der Waals surface area contributed by atoms with E-state index in [-0.39, 0.29) is 18.1 Å². The zero-order valence-electron chi connectivity index (χ0n) is 14.4. The van der Waals surface area contributed by atoms with Crippen molar-refractivity contribution < 1.29 is 9.18 Å². The molecule has 8 heteroatoms. The molecule has 0 atom stereocenters. The molecule has 0 saturated carbocycles. The molecule has 2 aromatic heterocycles. The summed E-state index contributed by atoms with van der Waals surface area (Å²) < 4.78 is 13.3. The highest BCUT2D eigenvalue weighted by atomic mass is 32.1. The molecule has 0 aliphatic rings. The van der Waals surface area contributed by atoms with Crippen LogP contribution in [-0.4, -0.2) is 21.1 Å². The smallest absolute Gasteiger partial charge is 0.232 e. The van der Waals surface area contributed by atoms with Crippen molar-refractivity contribution in [2.75, 3.05) is 5.32 Å². The number of hydrogen-bond donors (Lipinski definition) is 1. The number of carbonyl (C=O) groups excluding carboxylic acids is 1. The Morgan fingerprint density at radius 1 is 1.27 bits per heavy atom. The van der Waals surface area contributed by atoms with Crippen LogP contribution in [0.25, 0.3) is 10.6 Å². The zero-order valence-corrected chi connectivity index (χ0v) is 16.0. The quantitative estimate of drug-likeness (QED) is 0.565. The van der Waals surface area contributed by atoms with Crippen LogP contribution < -0.4 is 5.32 Å². The standard InChI is InChI=1S/C18H19FN4OS2/c1-2-3-4-8-16-22-23-18(26-16)21-15(24)10-14-11-25-17(20-14)12-6-5-7-13(19)9-12/h5-7,9,11H,2-4,8,10H2,1H3,(H,21,23,24). The van der Waals surface area contributed by atoms with Gasteiger partial charge in [-0.25, -0.2) is 9.37 Å². The normalized spacial score (nSPS) is 10.8. The summed E-state index contributed by atoms with van der Waals surface area (Å²) in [6.07, 6.45) is 4.45. The first kappa shape index (κ1) is 18.6. The Kier molecular flexibility index (Phi) is 6.40. The maximum absolute atomic E-state index is 13.3. The summed E-state index contributed by atoms with van der Waals surface area (Å²) in [4.78, 5) is 16.6. The van der Waals surface area contributed by atoms with Crippen LogP contribution in [0.5, 0.6) is 0 Å². The molecule has 0 aliphatic carbocycles. The fraction of sp³-hybridized carbons (Fsp3) is 0.333. The summed E-state index contributed by atoms with van der Waals surface area (Å²) in [6.45, 7) is 2.16. The summed E-state index contributed by atoms with van der Waals surface area (Å²) in [5.41, 5.74) is 1.36. The van der Waals surface area contributed by atoms with E-state index in [1.165, 1.54) is 41.2 Å². The van der Waals surface area contributed by atoms with Gasteiger partial charge >= 0.3 is 0 Å². The van der Waals surface area contributed by atoms with E-state index >= 15 is 0 Å². The number of rotatable bonds is 8. The number of hydrogen-bond acceptors (Lipinski definition) is 6. The Morgan fingerprint density at radius 3 is 2.96 bits per heavy atom. The molecule has 3 aromatic rings. The van der Waals surface area contributed by atoms with E-state index in [1.807, 2.05) is 5.38 Å². The number of thiazole rings is 1. The van der Waals surface area contributed by atoms with Crippen molar-refractivity contribution in [1.82, 2.24) is 15.2 Å². The van der Waals surface area contributed by atoms with Crippen molar-refractivity contribution in [3.8, 4) is 10.6 Å². The van der Waals surface area contributed by atoms with Gasteiger partial charge in [0.05, 0.1) is 12.1 Å². The Balaban J connectivity index is 1.55. The second kappa shape index (κ2) is 8.95. The lowest BCUT2D eigenvalue weighted by Crippen LogP contribution is -2.14. The van der Waals surface area contributed by atoms with Crippen molar-refractivity contribution in [1.29, 1.82) is 0 Å². The van der Waals surface area contributed by atoms with Gasteiger partial charge < -0.3 is 5.32 Å². The van der Waals surface area contributed by atoms with E-state index in [0.717, 1.165) is 24.3 Å². The molecule has 3 rings (SSSR count). The average molecular weight is 391 g/mol. The van der Waals surface area contributed by atoms with Gasteiger partial charge in [-0.2, -0.15) is 0 Å². The number of halogens is 1. The van der Waals surface area contributed by atoms with Gasteiger partial charge in [0.15, 0.2) is 0 Å². The van der Waals surface area contributed by atoms with Crippen LogP contribution in [-0.2, 0) is 17.6 Å². The van der Waals surface area contributed by atoms with Crippen LogP contribution in [0.15, 0.2) is 29.6 Å². The van der Waals surface area contributed by atoms with Gasteiger partial charge in [-0.05, 0) is 18.6 Å². The monoisotopic (exact) mass is 390 g/mol. The first-order valence-electron chi connectivity index (χ1n) is 8.46. The molecule has 0 unspecified atom stereocenters. The molecule has 1 N–H and O–H groups in total. The Morgan fingerprint density at radius 2 is 2.15 bits per heavy atom. The van der Waals surface area contributed by atoms with Gasteiger partial charge in [0.1, 0.15) is 15.8 Å². The average Bonchev–Trinajstić information content (AvgIpc) is 3.25. The number of unbranched alkanes of at least 4 members (excludes halogenated alkanes) is 2. The topological polar surface area (TPSA) is 67.8 Å². The summed E-state index contributed by atoms with van der Waals surface area (Å²) in [6, 6.07) is 6.27. The molecule has 5 nitrogen and oxygen atoms in total. The highest BCUT2D eigenvalue weighted by Crippen LogP contribution is 2.25. The third-order valence-electron chi connectivity index (χ3n) is 3.67. The lowest BCUT2D eigenvalue weighted by Gasteiger charge is -1.99. The summed E-state index contributed by atoms with van der Waals surface area (Å²) >= 11 is 2.80. The fourth-order valence-electron chi connectivity index (χ4n) is 2.40. The predicted molar refractivity (Wildman–Crippen MR) is 103 cm³/mol. The first-order chi connectivity index (χ1) is 12.6. The van der Waals surface area contributed by atoms with E-state index in [9.17, 15) is 9.18 Å². The van der Waals surface area contributed by atoms with Crippen LogP contribution in [0.2, 0.25) is 0 Å². The van der Waals surface area contributed by atoms with Crippen molar-refractivity contribution in [2.45, 2.75) is 39.0 Å². The third-order valence-corrected chi connectivity index (χ3v) is 5.51. The molecule has 0 bridgehead atoms. The maximum atomic E-state index is 13.3. The number of carbonyl (C=O) groups is 1. The molecule has 2 heterocycles. The van der Waals surface area contributed by atoms with Crippen molar-refractivity contribution >= 4 is 33.7 Å². The Labute approximate surface area is 159 Å². The van der Waals surface area contributed by atoms with E-state index in [2.05, 4.69) is 27.4 Å². The zero-order chi connectivity index (χ0) is 18.4. The van der Waals surface area contributed by atoms with E-state index < -0.39 is 0 Å². The van der Waals surface area contributed by atoms with Gasteiger partial charge in [0, 0.05) is 17.4 Å². The maximum Gasteiger partial charge on any atom is 0.232 e. The largest absolute Gasteiger partial charge is 0.300 e. The van der Waals surface area contributed by atoms with Crippen molar-refractivity contribution in [2.24, 2.45) is 0 Å². The number of benzene rings is 1. The van der Waals surface area contributed by atoms with Gasteiger partial charge in [0.2, 0.25) is 11.0 Å². The minimum absolute atomic E-state index is 0.149. The Hall–Kier alpha value is -2.19. The summed E-state index contributed by atoms with van der Waals surface area (Å²) in [5, 5.41) is 14.9. The van der Waals surface area contributed by atoms with Crippen LogP contribution in [0, 0.1) is 5.82 Å². The number of nitrogens with zero attached hydrogens (tertiary/aromatic N) is 3. The number of aromatic nitrogens is 3. The fourth-order valence-corrected chi connectivity index (χ4v) is 4.02. The summed E-state index contributed by atoms with van der Waals surface area (Å²) in [5.74, 6) is -0.486. The molecule has 0 saturated heterocycles. The van der Waals surface area contributed by atoms with Crippen LogP contribution >= 0.6 is 22.7 Å². The van der Waals surface area contributed by atoms with Gasteiger partial charge in [-0.3, -0.25) is 4.79 Å². The molecule has 26 heavy (non-hydrogen) atoms. The van der Waals surface area contributed by atoms with Crippen molar-refractivity contribution in [3.05, 3.63) is 46.2 Å². The molecule has 1 amide bonds. The molecule has 0 radical (unpaired) electrons. The lowest BCUT2D eigenvalue weighted by atomic mass is 10.2.